The standard InChI is InChI=1S/C22H20FNO4S/c1-26-17-8-13(9-18(27-2)21(17)28-3)15-10-19(25)24-20-16(11-29-22(15)20)12-4-6-14(23)7-5-12/h4-9,11,15H,10H2,1-3H3,(H,24,25)/t15-/m1/s1. The molecule has 2 heterocycles. The Hall–Kier alpha value is -3.06. The zero-order chi connectivity index (χ0) is 20.5. The maximum Gasteiger partial charge on any atom is 0.225 e. The van der Waals surface area contributed by atoms with Crippen molar-refractivity contribution in [3.8, 4) is 28.4 Å². The number of carbonyl (C=O) groups excluding carboxylic acids is 1. The Bertz CT molecular complexity index is 1040. The van der Waals surface area contributed by atoms with Crippen LogP contribution in [0.2, 0.25) is 0 Å². The lowest BCUT2D eigenvalue weighted by atomic mass is 9.88. The number of hydrogen-bond acceptors (Lipinski definition) is 5. The van der Waals surface area contributed by atoms with Crippen molar-refractivity contribution >= 4 is 22.9 Å². The van der Waals surface area contributed by atoms with Crippen molar-refractivity contribution in [3.05, 3.63) is 58.0 Å². The molecular formula is C22H20FNO4S. The molecule has 1 aliphatic heterocycles. The van der Waals surface area contributed by atoms with Crippen molar-refractivity contribution in [2.45, 2.75) is 12.3 Å². The molecule has 1 aromatic heterocycles. The zero-order valence-corrected chi connectivity index (χ0v) is 17.1. The number of halogens is 1. The van der Waals surface area contributed by atoms with E-state index in [-0.39, 0.29) is 17.6 Å². The topological polar surface area (TPSA) is 56.8 Å². The quantitative estimate of drug-likeness (QED) is 0.636. The summed E-state index contributed by atoms with van der Waals surface area (Å²) < 4.78 is 29.7. The maximum absolute atomic E-state index is 13.3. The summed E-state index contributed by atoms with van der Waals surface area (Å²) in [6.07, 6.45) is 0.314. The predicted molar refractivity (Wildman–Crippen MR) is 111 cm³/mol. The highest BCUT2D eigenvalue weighted by atomic mass is 32.1. The number of benzene rings is 2. The second kappa shape index (κ2) is 7.75. The summed E-state index contributed by atoms with van der Waals surface area (Å²) >= 11 is 1.57. The van der Waals surface area contributed by atoms with Gasteiger partial charge in [0.1, 0.15) is 5.82 Å². The summed E-state index contributed by atoms with van der Waals surface area (Å²) in [5.41, 5.74) is 3.42. The average Bonchev–Trinajstić information content (AvgIpc) is 3.16. The molecule has 29 heavy (non-hydrogen) atoms. The van der Waals surface area contributed by atoms with E-state index in [1.54, 1.807) is 44.8 Å². The van der Waals surface area contributed by atoms with Crippen LogP contribution in [0.15, 0.2) is 41.8 Å². The predicted octanol–water partition coefficient (Wildman–Crippen LogP) is 5.05. The first kappa shape index (κ1) is 19.3. The molecule has 3 aromatic rings. The molecule has 0 unspecified atom stereocenters. The molecular weight excluding hydrogens is 393 g/mol. The summed E-state index contributed by atoms with van der Waals surface area (Å²) in [7, 11) is 4.69. The van der Waals surface area contributed by atoms with Crippen molar-refractivity contribution in [3.63, 3.8) is 0 Å². The Labute approximate surface area is 172 Å². The third-order valence-electron chi connectivity index (χ3n) is 5.03. The molecule has 0 spiro atoms. The number of carbonyl (C=O) groups is 1. The summed E-state index contributed by atoms with van der Waals surface area (Å²) in [5.74, 6) is 1.09. The SMILES string of the molecule is COc1cc([C@H]2CC(=O)Nc3c(-c4ccc(F)cc4)csc32)cc(OC)c1OC. The van der Waals surface area contributed by atoms with Gasteiger partial charge in [0.15, 0.2) is 11.5 Å². The smallest absolute Gasteiger partial charge is 0.225 e. The van der Waals surface area contributed by atoms with E-state index in [9.17, 15) is 9.18 Å². The van der Waals surface area contributed by atoms with Gasteiger partial charge in [-0.3, -0.25) is 4.79 Å². The number of amides is 1. The highest BCUT2D eigenvalue weighted by molar-refractivity contribution is 7.11. The van der Waals surface area contributed by atoms with Gasteiger partial charge in [-0.1, -0.05) is 12.1 Å². The third kappa shape index (κ3) is 3.42. The fraction of sp³-hybridized carbons (Fsp3) is 0.227. The molecule has 0 bridgehead atoms. The van der Waals surface area contributed by atoms with E-state index in [4.69, 9.17) is 14.2 Å². The largest absolute Gasteiger partial charge is 0.493 e. The van der Waals surface area contributed by atoms with Gasteiger partial charge >= 0.3 is 0 Å². The van der Waals surface area contributed by atoms with Crippen molar-refractivity contribution < 1.29 is 23.4 Å². The van der Waals surface area contributed by atoms with Crippen LogP contribution in [0.5, 0.6) is 17.2 Å². The van der Waals surface area contributed by atoms with E-state index in [0.717, 1.165) is 27.3 Å². The molecule has 0 radical (unpaired) electrons. The van der Waals surface area contributed by atoms with Crippen LogP contribution in [0.25, 0.3) is 11.1 Å². The van der Waals surface area contributed by atoms with Gasteiger partial charge in [0.2, 0.25) is 11.7 Å². The van der Waals surface area contributed by atoms with E-state index in [2.05, 4.69) is 5.32 Å². The Balaban J connectivity index is 1.82. The lowest BCUT2D eigenvalue weighted by Crippen LogP contribution is -2.22. The number of fused-ring (bicyclic) bond motifs is 1. The van der Waals surface area contributed by atoms with Crippen LogP contribution in [0.1, 0.15) is 22.8 Å². The molecule has 0 saturated carbocycles. The number of nitrogens with one attached hydrogen (secondary N) is 1. The summed E-state index contributed by atoms with van der Waals surface area (Å²) in [6, 6.07) is 10.0. The van der Waals surface area contributed by atoms with Gasteiger partial charge in [-0.05, 0) is 35.4 Å². The highest BCUT2D eigenvalue weighted by Crippen LogP contribution is 2.49. The molecule has 1 atom stereocenters. The molecule has 1 aliphatic rings. The highest BCUT2D eigenvalue weighted by Gasteiger charge is 2.31. The van der Waals surface area contributed by atoms with E-state index in [0.29, 0.717) is 23.7 Å². The third-order valence-corrected chi connectivity index (χ3v) is 6.13. The summed E-state index contributed by atoms with van der Waals surface area (Å²) in [6.45, 7) is 0. The van der Waals surface area contributed by atoms with Gasteiger partial charge < -0.3 is 19.5 Å². The van der Waals surface area contributed by atoms with Crippen molar-refractivity contribution in [1.29, 1.82) is 0 Å². The Morgan fingerprint density at radius 1 is 1.03 bits per heavy atom. The fourth-order valence-electron chi connectivity index (χ4n) is 3.64. The first-order valence-electron chi connectivity index (χ1n) is 9.02. The first-order chi connectivity index (χ1) is 14.0. The molecule has 1 amide bonds. The summed E-state index contributed by atoms with van der Waals surface area (Å²) in [5, 5.41) is 4.99. The van der Waals surface area contributed by atoms with Gasteiger partial charge in [0.25, 0.3) is 0 Å². The van der Waals surface area contributed by atoms with Gasteiger partial charge in [-0.2, -0.15) is 0 Å². The van der Waals surface area contributed by atoms with Crippen molar-refractivity contribution in [2.24, 2.45) is 0 Å². The van der Waals surface area contributed by atoms with Crippen LogP contribution >= 0.6 is 11.3 Å². The lowest BCUT2D eigenvalue weighted by Gasteiger charge is -2.25. The fourth-order valence-corrected chi connectivity index (χ4v) is 4.80. The molecule has 0 saturated heterocycles. The van der Waals surface area contributed by atoms with E-state index in [1.165, 1.54) is 12.1 Å². The van der Waals surface area contributed by atoms with Gasteiger partial charge in [0.05, 0.1) is 27.0 Å². The maximum atomic E-state index is 13.3. The number of hydrogen-bond donors (Lipinski definition) is 1. The number of anilines is 1. The van der Waals surface area contributed by atoms with Crippen LogP contribution in [-0.2, 0) is 4.79 Å². The van der Waals surface area contributed by atoms with Crippen LogP contribution in [0.4, 0.5) is 10.1 Å². The minimum atomic E-state index is -0.294. The van der Waals surface area contributed by atoms with E-state index < -0.39 is 0 Å². The molecule has 150 valence electrons. The number of methoxy groups -OCH3 is 3. The molecule has 5 nitrogen and oxygen atoms in total. The van der Waals surface area contributed by atoms with Crippen LogP contribution in [-0.4, -0.2) is 27.2 Å². The van der Waals surface area contributed by atoms with Gasteiger partial charge in [-0.25, -0.2) is 4.39 Å². The molecule has 1 N–H and O–H groups in total. The number of ether oxygens (including phenoxy) is 3. The number of rotatable bonds is 5. The van der Waals surface area contributed by atoms with Crippen molar-refractivity contribution in [2.75, 3.05) is 26.6 Å². The Morgan fingerprint density at radius 3 is 2.28 bits per heavy atom. The first-order valence-corrected chi connectivity index (χ1v) is 9.90. The van der Waals surface area contributed by atoms with Crippen LogP contribution in [0.3, 0.4) is 0 Å². The van der Waals surface area contributed by atoms with Crippen molar-refractivity contribution in [1.82, 2.24) is 0 Å². The molecule has 4 rings (SSSR count). The van der Waals surface area contributed by atoms with E-state index >= 15 is 0 Å². The molecule has 2 aromatic carbocycles. The normalized spacial score (nSPS) is 15.4. The minimum absolute atomic E-state index is 0.0713. The molecule has 0 aliphatic carbocycles. The lowest BCUT2D eigenvalue weighted by molar-refractivity contribution is -0.116. The molecule has 0 fully saturated rings. The monoisotopic (exact) mass is 413 g/mol. The van der Waals surface area contributed by atoms with Crippen LogP contribution < -0.4 is 19.5 Å². The second-order valence-electron chi connectivity index (χ2n) is 6.66. The zero-order valence-electron chi connectivity index (χ0n) is 16.2. The average molecular weight is 413 g/mol. The minimum Gasteiger partial charge on any atom is -0.493 e. The Kier molecular flexibility index (Phi) is 5.15. The Morgan fingerprint density at radius 2 is 1.69 bits per heavy atom. The van der Waals surface area contributed by atoms with Gasteiger partial charge in [-0.15, -0.1) is 11.3 Å². The van der Waals surface area contributed by atoms with E-state index in [1.807, 2.05) is 17.5 Å². The van der Waals surface area contributed by atoms with Crippen LogP contribution in [0, 0.1) is 5.82 Å². The summed E-state index contributed by atoms with van der Waals surface area (Å²) in [4.78, 5) is 13.6. The van der Waals surface area contributed by atoms with Gasteiger partial charge in [0, 0.05) is 28.2 Å². The number of thiophene rings is 1. The second-order valence-corrected chi connectivity index (χ2v) is 7.57. The molecule has 7 heteroatoms.